The van der Waals surface area contributed by atoms with E-state index < -0.39 is 8.32 Å². The second kappa shape index (κ2) is 3.46. The van der Waals surface area contributed by atoms with Gasteiger partial charge < -0.3 is 4.43 Å². The Kier molecular flexibility index (Phi) is 2.51. The van der Waals surface area contributed by atoms with Gasteiger partial charge in [0.2, 0.25) is 8.32 Å². The Morgan fingerprint density at radius 2 is 1.73 bits per heavy atom. The van der Waals surface area contributed by atoms with Crippen molar-refractivity contribution >= 4 is 13.5 Å². The fourth-order valence-corrected chi connectivity index (χ4v) is 6.80. The lowest BCUT2D eigenvalue weighted by Crippen LogP contribution is -2.46. The third kappa shape index (κ3) is 1.47. The fourth-order valence-electron chi connectivity index (χ4n) is 2.78. The van der Waals surface area contributed by atoms with Crippen molar-refractivity contribution in [1.29, 1.82) is 0 Å². The molecule has 2 rings (SSSR count). The Labute approximate surface area is 93.6 Å². The third-order valence-corrected chi connectivity index (χ3v) is 8.26. The smallest absolute Gasteiger partial charge is 0.225 e. The molecule has 0 saturated heterocycles. The summed E-state index contributed by atoms with van der Waals surface area (Å²) in [6, 6.07) is 11.2. The van der Waals surface area contributed by atoms with Crippen LogP contribution in [0.15, 0.2) is 24.3 Å². The lowest BCUT2D eigenvalue weighted by atomic mass is 9.99. The highest BCUT2D eigenvalue weighted by molar-refractivity contribution is 6.87. The van der Waals surface area contributed by atoms with Gasteiger partial charge in [0.25, 0.3) is 0 Å². The van der Waals surface area contributed by atoms with Crippen LogP contribution in [0, 0.1) is 0 Å². The molecule has 0 atom stereocenters. The van der Waals surface area contributed by atoms with Gasteiger partial charge in [0, 0.05) is 0 Å². The van der Waals surface area contributed by atoms with Gasteiger partial charge in [-0.15, -0.1) is 0 Å². The summed E-state index contributed by atoms with van der Waals surface area (Å²) in [5, 5.41) is 1.53. The summed E-state index contributed by atoms with van der Waals surface area (Å²) >= 11 is 0. The highest BCUT2D eigenvalue weighted by Gasteiger charge is 2.48. The molecule has 1 heterocycles. The predicted molar refractivity (Wildman–Crippen MR) is 66.9 cm³/mol. The maximum atomic E-state index is 6.44. The van der Waals surface area contributed by atoms with Crippen LogP contribution in [0.3, 0.4) is 0 Å². The molecule has 0 amide bonds. The van der Waals surface area contributed by atoms with Crippen LogP contribution in [0.25, 0.3) is 0 Å². The van der Waals surface area contributed by atoms with E-state index in [4.69, 9.17) is 4.43 Å². The summed E-state index contributed by atoms with van der Waals surface area (Å²) in [4.78, 5) is 0. The first-order chi connectivity index (χ1) is 7.06. The van der Waals surface area contributed by atoms with E-state index in [0.29, 0.717) is 0 Å². The minimum absolute atomic E-state index is 0.0746. The lowest BCUT2D eigenvalue weighted by molar-refractivity contribution is 0.113. The topological polar surface area (TPSA) is 9.23 Å². The van der Waals surface area contributed by atoms with E-state index >= 15 is 0 Å². The molecule has 1 aromatic rings. The van der Waals surface area contributed by atoms with E-state index in [2.05, 4.69) is 52.0 Å². The zero-order chi connectivity index (χ0) is 11.1. The molecule has 0 fully saturated rings. The average Bonchev–Trinajstić information content (AvgIpc) is 2.49. The zero-order valence-corrected chi connectivity index (χ0v) is 11.1. The molecule has 0 aromatic heterocycles. The number of rotatable bonds is 2. The number of benzene rings is 1. The van der Waals surface area contributed by atoms with Crippen molar-refractivity contribution in [2.45, 2.75) is 45.4 Å². The van der Waals surface area contributed by atoms with Gasteiger partial charge in [-0.05, 0) is 36.7 Å². The van der Waals surface area contributed by atoms with Crippen LogP contribution in [0.2, 0.25) is 12.1 Å². The minimum Gasteiger partial charge on any atom is -0.403 e. The molecule has 1 aliphatic heterocycles. The standard InChI is InChI=1S/C13H20OSi/c1-5-15(6-2)12-10-8-7-9-11(12)13(3,4)14-15/h7-10H,5-6H2,1-4H3. The van der Waals surface area contributed by atoms with Crippen molar-refractivity contribution in [3.05, 3.63) is 29.8 Å². The lowest BCUT2D eigenvalue weighted by Gasteiger charge is -2.28. The van der Waals surface area contributed by atoms with Crippen molar-refractivity contribution in [2.24, 2.45) is 0 Å². The molecule has 0 aliphatic carbocycles. The van der Waals surface area contributed by atoms with Crippen LogP contribution in [0.5, 0.6) is 0 Å². The monoisotopic (exact) mass is 220 g/mol. The molecule has 1 aliphatic rings. The molecule has 15 heavy (non-hydrogen) atoms. The molecule has 0 radical (unpaired) electrons. The van der Waals surface area contributed by atoms with E-state index in [1.54, 1.807) is 0 Å². The quantitative estimate of drug-likeness (QED) is 0.696. The summed E-state index contributed by atoms with van der Waals surface area (Å²) in [5.74, 6) is 0. The van der Waals surface area contributed by atoms with Crippen LogP contribution in [0.1, 0.15) is 33.3 Å². The molecule has 0 saturated carbocycles. The normalized spacial score (nSPS) is 21.3. The van der Waals surface area contributed by atoms with Gasteiger partial charge in [-0.2, -0.15) is 0 Å². The van der Waals surface area contributed by atoms with Crippen LogP contribution >= 0.6 is 0 Å². The molecule has 0 unspecified atom stereocenters. The van der Waals surface area contributed by atoms with Crippen molar-refractivity contribution in [3.63, 3.8) is 0 Å². The van der Waals surface area contributed by atoms with Gasteiger partial charge in [-0.3, -0.25) is 0 Å². The summed E-state index contributed by atoms with van der Waals surface area (Å²) in [5.41, 5.74) is 1.34. The van der Waals surface area contributed by atoms with Crippen LogP contribution in [-0.2, 0) is 10.0 Å². The minimum atomic E-state index is -1.64. The predicted octanol–water partition coefficient (Wildman–Crippen LogP) is 3.14. The maximum Gasteiger partial charge on any atom is 0.225 e. The molecule has 0 N–H and O–H groups in total. The zero-order valence-electron chi connectivity index (χ0n) is 10.1. The Hall–Kier alpha value is -0.603. The molecular weight excluding hydrogens is 200 g/mol. The molecule has 0 spiro atoms. The van der Waals surface area contributed by atoms with Gasteiger partial charge in [-0.1, -0.05) is 38.1 Å². The maximum absolute atomic E-state index is 6.44. The SMILES string of the molecule is CC[Si]1(CC)OC(C)(C)c2ccccc21. The van der Waals surface area contributed by atoms with Crippen LogP contribution < -0.4 is 5.19 Å². The fraction of sp³-hybridized carbons (Fsp3) is 0.538. The summed E-state index contributed by atoms with van der Waals surface area (Å²) in [6.07, 6.45) is 0. The van der Waals surface area contributed by atoms with Gasteiger partial charge in [-0.25, -0.2) is 0 Å². The second-order valence-electron chi connectivity index (χ2n) is 4.86. The van der Waals surface area contributed by atoms with Crippen LogP contribution in [0.4, 0.5) is 0 Å². The number of hydrogen-bond acceptors (Lipinski definition) is 1. The van der Waals surface area contributed by atoms with E-state index in [9.17, 15) is 0 Å². The first-order valence-electron chi connectivity index (χ1n) is 5.86. The Bertz CT molecular complexity index is 367. The average molecular weight is 220 g/mol. The van der Waals surface area contributed by atoms with Gasteiger partial charge >= 0.3 is 0 Å². The summed E-state index contributed by atoms with van der Waals surface area (Å²) < 4.78 is 6.44. The third-order valence-electron chi connectivity index (χ3n) is 3.66. The molecule has 1 nitrogen and oxygen atoms in total. The van der Waals surface area contributed by atoms with E-state index in [1.807, 2.05) is 0 Å². The van der Waals surface area contributed by atoms with E-state index in [1.165, 1.54) is 22.8 Å². The van der Waals surface area contributed by atoms with Gasteiger partial charge in [0.15, 0.2) is 0 Å². The Morgan fingerprint density at radius 3 is 2.33 bits per heavy atom. The molecule has 2 heteroatoms. The van der Waals surface area contributed by atoms with Crippen molar-refractivity contribution in [1.82, 2.24) is 0 Å². The van der Waals surface area contributed by atoms with Crippen molar-refractivity contribution in [2.75, 3.05) is 0 Å². The second-order valence-corrected chi connectivity index (χ2v) is 9.00. The highest BCUT2D eigenvalue weighted by Crippen LogP contribution is 2.38. The Morgan fingerprint density at radius 1 is 1.13 bits per heavy atom. The largest absolute Gasteiger partial charge is 0.403 e. The summed E-state index contributed by atoms with van der Waals surface area (Å²) in [6.45, 7) is 8.94. The Balaban J connectivity index is 2.60. The van der Waals surface area contributed by atoms with Crippen LogP contribution in [-0.4, -0.2) is 8.32 Å². The highest BCUT2D eigenvalue weighted by atomic mass is 28.4. The molecule has 0 bridgehead atoms. The van der Waals surface area contributed by atoms with Gasteiger partial charge in [0.1, 0.15) is 0 Å². The molecule has 1 aromatic carbocycles. The first-order valence-corrected chi connectivity index (χ1v) is 8.18. The van der Waals surface area contributed by atoms with E-state index in [0.717, 1.165) is 0 Å². The van der Waals surface area contributed by atoms with Crippen molar-refractivity contribution < 1.29 is 4.43 Å². The van der Waals surface area contributed by atoms with E-state index in [-0.39, 0.29) is 5.60 Å². The first kappa shape index (κ1) is 10.9. The van der Waals surface area contributed by atoms with Crippen molar-refractivity contribution in [3.8, 4) is 0 Å². The number of fused-ring (bicyclic) bond motifs is 1. The molecule has 82 valence electrons. The number of hydrogen-bond donors (Lipinski definition) is 0. The summed E-state index contributed by atoms with van der Waals surface area (Å²) in [7, 11) is -1.64. The molecular formula is C13H20OSi. The van der Waals surface area contributed by atoms with Gasteiger partial charge in [0.05, 0.1) is 5.60 Å².